The van der Waals surface area contributed by atoms with Gasteiger partial charge in [-0.15, -0.1) is 11.6 Å². The van der Waals surface area contributed by atoms with E-state index >= 15 is 0 Å². The molecule has 0 saturated heterocycles. The SMILES string of the molecule is CNCCc1ccc2c(c1)CCC(=O)N2CCl. The van der Waals surface area contributed by atoms with Gasteiger partial charge >= 0.3 is 0 Å². The van der Waals surface area contributed by atoms with Gasteiger partial charge in [-0.25, -0.2) is 0 Å². The first kappa shape index (κ1) is 12.4. The van der Waals surface area contributed by atoms with Gasteiger partial charge in [-0.2, -0.15) is 0 Å². The molecule has 0 unspecified atom stereocenters. The first-order chi connectivity index (χ1) is 8.26. The number of carbonyl (C=O) groups excluding carboxylic acids is 1. The molecule has 1 N–H and O–H groups in total. The molecule has 1 aliphatic heterocycles. The number of hydrogen-bond acceptors (Lipinski definition) is 2. The smallest absolute Gasteiger partial charge is 0.228 e. The maximum Gasteiger partial charge on any atom is 0.228 e. The number of nitrogens with zero attached hydrogens (tertiary/aromatic N) is 1. The predicted molar refractivity (Wildman–Crippen MR) is 70.6 cm³/mol. The molecule has 3 nitrogen and oxygen atoms in total. The third-order valence-electron chi connectivity index (χ3n) is 3.13. The second-order valence-corrected chi connectivity index (χ2v) is 4.50. The zero-order valence-electron chi connectivity index (χ0n) is 10.0. The highest BCUT2D eigenvalue weighted by atomic mass is 35.5. The van der Waals surface area contributed by atoms with Gasteiger partial charge in [-0.05, 0) is 43.6 Å². The Morgan fingerprint density at radius 1 is 1.41 bits per heavy atom. The molecule has 1 aliphatic rings. The number of nitrogens with one attached hydrogen (secondary N) is 1. The molecule has 1 heterocycles. The van der Waals surface area contributed by atoms with Crippen LogP contribution in [-0.4, -0.2) is 25.5 Å². The number of carbonyl (C=O) groups is 1. The normalized spacial score (nSPS) is 14.9. The van der Waals surface area contributed by atoms with Crippen LogP contribution in [0.15, 0.2) is 18.2 Å². The van der Waals surface area contributed by atoms with Crippen molar-refractivity contribution in [2.24, 2.45) is 0 Å². The molecule has 0 bridgehead atoms. The van der Waals surface area contributed by atoms with Gasteiger partial charge in [0.2, 0.25) is 5.91 Å². The van der Waals surface area contributed by atoms with Gasteiger partial charge in [0.15, 0.2) is 0 Å². The topological polar surface area (TPSA) is 32.3 Å². The lowest BCUT2D eigenvalue weighted by Gasteiger charge is -2.27. The van der Waals surface area contributed by atoms with Crippen LogP contribution in [0.2, 0.25) is 0 Å². The third-order valence-corrected chi connectivity index (χ3v) is 3.37. The second-order valence-electron chi connectivity index (χ2n) is 4.26. The summed E-state index contributed by atoms with van der Waals surface area (Å²) in [5.74, 6) is 0.121. The van der Waals surface area contributed by atoms with E-state index in [0.29, 0.717) is 6.42 Å². The van der Waals surface area contributed by atoms with E-state index in [1.165, 1.54) is 11.1 Å². The fourth-order valence-electron chi connectivity index (χ4n) is 2.17. The third kappa shape index (κ3) is 2.61. The van der Waals surface area contributed by atoms with Crippen LogP contribution in [-0.2, 0) is 17.6 Å². The van der Waals surface area contributed by atoms with Crippen LogP contribution in [0.3, 0.4) is 0 Å². The summed E-state index contributed by atoms with van der Waals surface area (Å²) in [5.41, 5.74) is 3.52. The second kappa shape index (κ2) is 5.52. The molecule has 0 aromatic heterocycles. The maximum absolute atomic E-state index is 11.7. The summed E-state index contributed by atoms with van der Waals surface area (Å²) in [6.07, 6.45) is 2.41. The van der Waals surface area contributed by atoms with Crippen LogP contribution in [0.25, 0.3) is 0 Å². The molecule has 0 spiro atoms. The predicted octanol–water partition coefficient (Wildman–Crippen LogP) is 1.92. The van der Waals surface area contributed by atoms with Gasteiger partial charge in [0, 0.05) is 12.1 Å². The summed E-state index contributed by atoms with van der Waals surface area (Å²) < 4.78 is 0. The first-order valence-corrected chi connectivity index (χ1v) is 6.42. The Labute approximate surface area is 107 Å². The summed E-state index contributed by atoms with van der Waals surface area (Å²) in [6, 6.07) is 6.52. The molecular weight excluding hydrogens is 236 g/mol. The van der Waals surface area contributed by atoms with E-state index in [9.17, 15) is 4.79 Å². The van der Waals surface area contributed by atoms with E-state index in [1.807, 2.05) is 13.1 Å². The minimum atomic E-state index is 0.121. The van der Waals surface area contributed by atoms with Crippen molar-refractivity contribution in [1.29, 1.82) is 0 Å². The zero-order valence-corrected chi connectivity index (χ0v) is 10.8. The summed E-state index contributed by atoms with van der Waals surface area (Å²) in [4.78, 5) is 13.3. The van der Waals surface area contributed by atoms with Crippen LogP contribution in [0.5, 0.6) is 0 Å². The van der Waals surface area contributed by atoms with Crippen molar-refractivity contribution in [1.82, 2.24) is 5.32 Å². The lowest BCUT2D eigenvalue weighted by molar-refractivity contribution is -0.118. The average molecular weight is 253 g/mol. The Kier molecular flexibility index (Phi) is 4.02. The van der Waals surface area contributed by atoms with Crippen LogP contribution in [0, 0.1) is 0 Å². The highest BCUT2D eigenvalue weighted by molar-refractivity contribution is 6.21. The van der Waals surface area contributed by atoms with E-state index in [-0.39, 0.29) is 11.9 Å². The standard InChI is InChI=1S/C13H17ClN2O/c1-15-7-6-10-2-4-12-11(8-10)3-5-13(17)16(12)9-14/h2,4,8,15H,3,5-7,9H2,1H3. The molecule has 1 aromatic carbocycles. The molecule has 0 radical (unpaired) electrons. The minimum absolute atomic E-state index is 0.121. The Balaban J connectivity index is 2.24. The number of amides is 1. The number of anilines is 1. The van der Waals surface area contributed by atoms with Crippen molar-refractivity contribution in [3.63, 3.8) is 0 Å². The van der Waals surface area contributed by atoms with E-state index < -0.39 is 0 Å². The maximum atomic E-state index is 11.7. The van der Waals surface area contributed by atoms with Crippen LogP contribution >= 0.6 is 11.6 Å². The van der Waals surface area contributed by atoms with Crippen molar-refractivity contribution in [2.75, 3.05) is 24.5 Å². The molecular formula is C13H17ClN2O. The lowest BCUT2D eigenvalue weighted by Crippen LogP contribution is -2.34. The number of benzene rings is 1. The quantitative estimate of drug-likeness (QED) is 0.656. The summed E-state index contributed by atoms with van der Waals surface area (Å²) in [5, 5.41) is 3.14. The molecule has 0 fully saturated rings. The Bertz CT molecular complexity index is 420. The molecule has 4 heteroatoms. The van der Waals surface area contributed by atoms with E-state index in [2.05, 4.69) is 17.4 Å². The average Bonchev–Trinajstić information content (AvgIpc) is 2.36. The van der Waals surface area contributed by atoms with E-state index in [0.717, 1.165) is 25.1 Å². The largest absolute Gasteiger partial charge is 0.319 e. The molecule has 1 amide bonds. The van der Waals surface area contributed by atoms with Gasteiger partial charge in [-0.3, -0.25) is 9.69 Å². The fraction of sp³-hybridized carbons (Fsp3) is 0.462. The van der Waals surface area contributed by atoms with Crippen LogP contribution in [0.4, 0.5) is 5.69 Å². The fourth-order valence-corrected chi connectivity index (χ4v) is 2.43. The number of likely N-dealkylation sites (N-methyl/N-ethyl adjacent to an activating group) is 1. The lowest BCUT2D eigenvalue weighted by atomic mass is 9.98. The highest BCUT2D eigenvalue weighted by Gasteiger charge is 2.23. The highest BCUT2D eigenvalue weighted by Crippen LogP contribution is 2.29. The molecule has 0 saturated carbocycles. The van der Waals surface area contributed by atoms with Gasteiger partial charge < -0.3 is 5.32 Å². The number of alkyl halides is 1. The summed E-state index contributed by atoms with van der Waals surface area (Å²) >= 11 is 5.82. The van der Waals surface area contributed by atoms with Gasteiger partial charge in [0.05, 0.1) is 0 Å². The van der Waals surface area contributed by atoms with Crippen LogP contribution < -0.4 is 10.2 Å². The van der Waals surface area contributed by atoms with Crippen molar-refractivity contribution in [3.8, 4) is 0 Å². The van der Waals surface area contributed by atoms with Crippen LogP contribution in [0.1, 0.15) is 17.5 Å². The summed E-state index contributed by atoms with van der Waals surface area (Å²) in [6.45, 7) is 0.969. The van der Waals surface area contributed by atoms with Gasteiger partial charge in [0.25, 0.3) is 0 Å². The molecule has 17 heavy (non-hydrogen) atoms. The number of hydrogen-bond donors (Lipinski definition) is 1. The zero-order chi connectivity index (χ0) is 12.3. The number of halogens is 1. The van der Waals surface area contributed by atoms with Crippen molar-refractivity contribution in [3.05, 3.63) is 29.3 Å². The molecule has 2 rings (SSSR count). The number of fused-ring (bicyclic) bond motifs is 1. The molecule has 0 aliphatic carbocycles. The Hall–Kier alpha value is -1.06. The number of aryl methyl sites for hydroxylation is 1. The molecule has 0 atom stereocenters. The Morgan fingerprint density at radius 2 is 2.24 bits per heavy atom. The van der Waals surface area contributed by atoms with Gasteiger partial charge in [0.1, 0.15) is 6.00 Å². The monoisotopic (exact) mass is 252 g/mol. The van der Waals surface area contributed by atoms with Crippen molar-refractivity contribution >= 4 is 23.2 Å². The first-order valence-electron chi connectivity index (χ1n) is 5.89. The van der Waals surface area contributed by atoms with Crippen molar-refractivity contribution in [2.45, 2.75) is 19.3 Å². The molecule has 1 aromatic rings. The summed E-state index contributed by atoms with van der Waals surface area (Å²) in [7, 11) is 1.95. The molecule has 92 valence electrons. The van der Waals surface area contributed by atoms with E-state index in [1.54, 1.807) is 4.90 Å². The number of rotatable bonds is 4. The Morgan fingerprint density at radius 3 is 2.94 bits per heavy atom. The van der Waals surface area contributed by atoms with E-state index in [4.69, 9.17) is 11.6 Å². The minimum Gasteiger partial charge on any atom is -0.319 e. The van der Waals surface area contributed by atoms with Gasteiger partial charge in [-0.1, -0.05) is 12.1 Å². The van der Waals surface area contributed by atoms with Crippen molar-refractivity contribution < 1.29 is 4.79 Å².